The Morgan fingerprint density at radius 3 is 2.65 bits per heavy atom. The number of hydrogen-bond donors (Lipinski definition) is 1. The van der Waals surface area contributed by atoms with E-state index in [0.29, 0.717) is 11.3 Å². The quantitative estimate of drug-likeness (QED) is 0.628. The molecule has 5 nitrogen and oxygen atoms in total. The van der Waals surface area contributed by atoms with Crippen molar-refractivity contribution >= 4 is 34.6 Å². The molecule has 1 atom stereocenters. The number of halogens is 1. The summed E-state index contributed by atoms with van der Waals surface area (Å²) in [4.78, 5) is 25.5. The molecule has 106 valence electrons. The molecule has 0 spiro atoms. The Labute approximate surface area is 131 Å². The van der Waals surface area contributed by atoms with Crippen LogP contribution in [-0.4, -0.2) is 31.1 Å². The van der Waals surface area contributed by atoms with E-state index in [4.69, 9.17) is 4.74 Å². The zero-order valence-electron chi connectivity index (χ0n) is 11.4. The molecule has 0 fully saturated rings. The summed E-state index contributed by atoms with van der Waals surface area (Å²) in [6.45, 7) is 1.74. The summed E-state index contributed by atoms with van der Waals surface area (Å²) in [7, 11) is 2.96. The molecular weight excluding hydrogens is 371 g/mol. The lowest BCUT2D eigenvalue weighted by molar-refractivity contribution is -0.136. The Kier molecular flexibility index (Phi) is 4.32. The van der Waals surface area contributed by atoms with Crippen LogP contribution in [0.5, 0.6) is 0 Å². The zero-order chi connectivity index (χ0) is 14.9. The van der Waals surface area contributed by atoms with Crippen LogP contribution < -0.4 is 5.32 Å². The standard InChI is InChI=1S/C14H15IN2O3/c1-8-11(13(18)20-3)12(16-14(19)17(8)2)9-6-4-5-7-10(9)15/h4-7,12H,1-3H3,(H,16,19). The molecule has 0 saturated carbocycles. The fraction of sp³-hybridized carbons (Fsp3) is 0.286. The summed E-state index contributed by atoms with van der Waals surface area (Å²) in [5.74, 6) is -0.431. The lowest BCUT2D eigenvalue weighted by atomic mass is 9.95. The average Bonchev–Trinajstić information content (AvgIpc) is 2.44. The van der Waals surface area contributed by atoms with Crippen LogP contribution in [0.4, 0.5) is 4.79 Å². The van der Waals surface area contributed by atoms with Crippen molar-refractivity contribution in [1.82, 2.24) is 10.2 Å². The molecule has 1 aromatic rings. The molecule has 6 heteroatoms. The summed E-state index contributed by atoms with van der Waals surface area (Å²) in [6, 6.07) is 6.90. The van der Waals surface area contributed by atoms with Crippen molar-refractivity contribution in [3.63, 3.8) is 0 Å². The zero-order valence-corrected chi connectivity index (χ0v) is 13.6. The molecule has 0 saturated heterocycles. The molecule has 0 aromatic heterocycles. The molecule has 1 heterocycles. The number of carbonyl (C=O) groups excluding carboxylic acids is 2. The van der Waals surface area contributed by atoms with Gasteiger partial charge in [-0.1, -0.05) is 18.2 Å². The van der Waals surface area contributed by atoms with Crippen molar-refractivity contribution in [2.75, 3.05) is 14.2 Å². The summed E-state index contributed by atoms with van der Waals surface area (Å²) in [6.07, 6.45) is 0. The molecule has 2 amide bonds. The highest BCUT2D eigenvalue weighted by atomic mass is 127. The van der Waals surface area contributed by atoms with Gasteiger partial charge in [0.15, 0.2) is 0 Å². The summed E-state index contributed by atoms with van der Waals surface area (Å²) in [5.41, 5.74) is 1.94. The van der Waals surface area contributed by atoms with Gasteiger partial charge in [-0.2, -0.15) is 0 Å². The molecule has 2 rings (SSSR count). The van der Waals surface area contributed by atoms with E-state index in [9.17, 15) is 9.59 Å². The van der Waals surface area contributed by atoms with Crippen LogP contribution >= 0.6 is 22.6 Å². The molecule has 1 unspecified atom stereocenters. The minimum absolute atomic E-state index is 0.236. The lowest BCUT2D eigenvalue weighted by Gasteiger charge is -2.33. The molecule has 0 radical (unpaired) electrons. The van der Waals surface area contributed by atoms with Crippen LogP contribution in [0.1, 0.15) is 18.5 Å². The van der Waals surface area contributed by atoms with Crippen molar-refractivity contribution in [2.45, 2.75) is 13.0 Å². The smallest absolute Gasteiger partial charge is 0.337 e. The molecule has 0 bridgehead atoms. The van der Waals surface area contributed by atoms with Gasteiger partial charge in [-0.05, 0) is 41.1 Å². The number of nitrogens with one attached hydrogen (secondary N) is 1. The van der Waals surface area contributed by atoms with Gasteiger partial charge in [0.05, 0.1) is 18.7 Å². The van der Waals surface area contributed by atoms with Crippen LogP contribution in [0.15, 0.2) is 35.5 Å². The number of allylic oxidation sites excluding steroid dienone is 1. The van der Waals surface area contributed by atoms with Gasteiger partial charge in [0.25, 0.3) is 0 Å². The monoisotopic (exact) mass is 386 g/mol. The van der Waals surface area contributed by atoms with E-state index in [0.717, 1.165) is 9.13 Å². The minimum Gasteiger partial charge on any atom is -0.466 e. The summed E-state index contributed by atoms with van der Waals surface area (Å²) < 4.78 is 5.84. The second kappa shape index (κ2) is 5.82. The van der Waals surface area contributed by atoms with Crippen LogP contribution in [0, 0.1) is 3.57 Å². The fourth-order valence-electron chi connectivity index (χ4n) is 2.15. The van der Waals surface area contributed by atoms with Gasteiger partial charge in [-0.3, -0.25) is 0 Å². The minimum atomic E-state index is -0.487. The van der Waals surface area contributed by atoms with Crippen molar-refractivity contribution < 1.29 is 14.3 Å². The second-order valence-corrected chi connectivity index (χ2v) is 5.62. The highest BCUT2D eigenvalue weighted by molar-refractivity contribution is 14.1. The number of ether oxygens (including phenoxy) is 1. The maximum atomic E-state index is 12.1. The second-order valence-electron chi connectivity index (χ2n) is 4.45. The topological polar surface area (TPSA) is 58.6 Å². The van der Waals surface area contributed by atoms with Gasteiger partial charge in [-0.15, -0.1) is 0 Å². The first-order valence-electron chi connectivity index (χ1n) is 6.05. The van der Waals surface area contributed by atoms with E-state index in [1.165, 1.54) is 12.0 Å². The van der Waals surface area contributed by atoms with Gasteiger partial charge in [0, 0.05) is 16.3 Å². The predicted octanol–water partition coefficient (Wildman–Crippen LogP) is 2.43. The average molecular weight is 386 g/mol. The Morgan fingerprint density at radius 1 is 1.40 bits per heavy atom. The third kappa shape index (κ3) is 2.52. The van der Waals surface area contributed by atoms with E-state index < -0.39 is 12.0 Å². The third-order valence-corrected chi connectivity index (χ3v) is 4.36. The largest absolute Gasteiger partial charge is 0.466 e. The first-order valence-corrected chi connectivity index (χ1v) is 7.13. The van der Waals surface area contributed by atoms with Crippen LogP contribution in [0.25, 0.3) is 0 Å². The van der Waals surface area contributed by atoms with Crippen molar-refractivity contribution in [3.05, 3.63) is 44.7 Å². The normalized spacial score (nSPS) is 18.9. The Balaban J connectivity index is 2.58. The van der Waals surface area contributed by atoms with E-state index in [2.05, 4.69) is 27.9 Å². The Morgan fingerprint density at radius 2 is 2.05 bits per heavy atom. The first-order chi connectivity index (χ1) is 9.47. The van der Waals surface area contributed by atoms with Gasteiger partial charge in [0.2, 0.25) is 0 Å². The molecule has 1 aliphatic rings. The maximum absolute atomic E-state index is 12.1. The van der Waals surface area contributed by atoms with E-state index in [1.807, 2.05) is 24.3 Å². The van der Waals surface area contributed by atoms with E-state index >= 15 is 0 Å². The SMILES string of the molecule is COC(=O)C1=C(C)N(C)C(=O)NC1c1ccccc1I. The molecule has 20 heavy (non-hydrogen) atoms. The number of benzene rings is 1. The Hall–Kier alpha value is -1.57. The summed E-state index contributed by atoms with van der Waals surface area (Å²) >= 11 is 2.19. The van der Waals surface area contributed by atoms with Crippen molar-refractivity contribution in [2.24, 2.45) is 0 Å². The van der Waals surface area contributed by atoms with Gasteiger partial charge >= 0.3 is 12.0 Å². The lowest BCUT2D eigenvalue weighted by Crippen LogP contribution is -2.46. The fourth-order valence-corrected chi connectivity index (χ4v) is 2.85. The Bertz CT molecular complexity index is 598. The number of urea groups is 1. The van der Waals surface area contributed by atoms with Gasteiger partial charge < -0.3 is 15.0 Å². The number of esters is 1. The van der Waals surface area contributed by atoms with Crippen LogP contribution in [0.2, 0.25) is 0 Å². The first kappa shape index (κ1) is 14.8. The van der Waals surface area contributed by atoms with Crippen LogP contribution in [-0.2, 0) is 9.53 Å². The predicted molar refractivity (Wildman–Crippen MR) is 82.9 cm³/mol. The van der Waals surface area contributed by atoms with Crippen molar-refractivity contribution in [1.29, 1.82) is 0 Å². The van der Waals surface area contributed by atoms with Crippen molar-refractivity contribution in [3.8, 4) is 0 Å². The summed E-state index contributed by atoms with van der Waals surface area (Å²) in [5, 5.41) is 2.84. The number of carbonyl (C=O) groups is 2. The van der Waals surface area contributed by atoms with E-state index in [-0.39, 0.29) is 6.03 Å². The molecule has 1 N–H and O–H groups in total. The van der Waals surface area contributed by atoms with Gasteiger partial charge in [-0.25, -0.2) is 9.59 Å². The maximum Gasteiger partial charge on any atom is 0.337 e. The molecular formula is C14H15IN2O3. The number of methoxy groups -OCH3 is 1. The highest BCUT2D eigenvalue weighted by Gasteiger charge is 2.35. The number of hydrogen-bond acceptors (Lipinski definition) is 3. The number of nitrogens with zero attached hydrogens (tertiary/aromatic N) is 1. The molecule has 0 aliphatic carbocycles. The van der Waals surface area contributed by atoms with Crippen LogP contribution in [0.3, 0.4) is 0 Å². The third-order valence-electron chi connectivity index (χ3n) is 3.38. The number of amides is 2. The van der Waals surface area contributed by atoms with Gasteiger partial charge in [0.1, 0.15) is 0 Å². The number of rotatable bonds is 2. The molecule has 1 aromatic carbocycles. The highest BCUT2D eigenvalue weighted by Crippen LogP contribution is 2.32. The molecule has 1 aliphatic heterocycles. The van der Waals surface area contributed by atoms with E-state index in [1.54, 1.807) is 14.0 Å².